The van der Waals surface area contributed by atoms with Gasteiger partial charge in [-0.05, 0) is 121 Å². The van der Waals surface area contributed by atoms with Crippen molar-refractivity contribution < 1.29 is 33.8 Å². The Morgan fingerprint density at radius 1 is 0.778 bits per heavy atom. The fraction of sp³-hybridized carbons (Fsp3) is 0.250. The standard InChI is InChI=1S/C48H42Cl2N6O7/c1-54(2)31-13-9-29(10-14-31)51-52-30-11-15-32(16-12-30)55-44(58)35-20-19-34-36(42(35)46(55)60)25-37-45(59)56(53-39-21-8-28(49)24-38(39)50)47(61)48(37,27-6-17-33(62-3)18-7-27)43(34)26-5-22-40(57)41(23-26)63-4/h5-19,21-24,35-37,42-43,53,57H,20,25H2,1-4H3/t35-,36+,37-,42-,43-,48+/m0/s1. The lowest BCUT2D eigenvalue weighted by Gasteiger charge is -2.50. The second-order valence-corrected chi connectivity index (χ2v) is 17.1. The molecule has 0 radical (unpaired) electrons. The molecule has 13 nitrogen and oxygen atoms in total. The van der Waals surface area contributed by atoms with Gasteiger partial charge in [0.15, 0.2) is 11.5 Å². The maximum absolute atomic E-state index is 15.6. The minimum absolute atomic E-state index is 0.0730. The van der Waals surface area contributed by atoms with Gasteiger partial charge in [-0.15, -0.1) is 0 Å². The zero-order valence-electron chi connectivity index (χ0n) is 34.7. The summed E-state index contributed by atoms with van der Waals surface area (Å²) in [5, 5.41) is 21.1. The van der Waals surface area contributed by atoms with Crippen molar-refractivity contribution in [2.75, 3.05) is 43.5 Å². The van der Waals surface area contributed by atoms with Crippen LogP contribution in [0.2, 0.25) is 10.0 Å². The van der Waals surface area contributed by atoms with Gasteiger partial charge in [0.25, 0.3) is 11.8 Å². The lowest BCUT2D eigenvalue weighted by Crippen LogP contribution is -2.53. The van der Waals surface area contributed by atoms with Crippen LogP contribution in [0.25, 0.3) is 0 Å². The molecule has 9 rings (SSSR count). The highest BCUT2D eigenvalue weighted by Crippen LogP contribution is 2.64. The maximum Gasteiger partial charge on any atom is 0.260 e. The fourth-order valence-electron chi connectivity index (χ4n) is 9.95. The van der Waals surface area contributed by atoms with E-state index in [4.69, 9.17) is 32.7 Å². The van der Waals surface area contributed by atoms with Crippen molar-refractivity contribution in [3.63, 3.8) is 0 Å². The van der Waals surface area contributed by atoms with Crippen molar-refractivity contribution in [2.45, 2.75) is 24.2 Å². The molecular weight excluding hydrogens is 843 g/mol. The number of benzene rings is 5. The van der Waals surface area contributed by atoms with Crippen LogP contribution < -0.4 is 24.7 Å². The van der Waals surface area contributed by atoms with E-state index in [0.717, 1.165) is 16.3 Å². The van der Waals surface area contributed by atoms with Gasteiger partial charge in [0, 0.05) is 30.7 Å². The number of imide groups is 2. The average molecular weight is 886 g/mol. The number of amides is 4. The third-order valence-corrected chi connectivity index (χ3v) is 13.4. The van der Waals surface area contributed by atoms with Crippen molar-refractivity contribution in [1.82, 2.24) is 5.01 Å². The Kier molecular flexibility index (Phi) is 10.7. The van der Waals surface area contributed by atoms with Gasteiger partial charge >= 0.3 is 0 Å². The molecule has 2 N–H and O–H groups in total. The van der Waals surface area contributed by atoms with Crippen LogP contribution in [-0.2, 0) is 24.6 Å². The summed E-state index contributed by atoms with van der Waals surface area (Å²) in [4.78, 5) is 63.1. The number of carbonyl (C=O) groups is 4. The molecule has 0 unspecified atom stereocenters. The van der Waals surface area contributed by atoms with Gasteiger partial charge in [-0.2, -0.15) is 15.2 Å². The zero-order chi connectivity index (χ0) is 44.3. The first-order valence-corrected chi connectivity index (χ1v) is 21.1. The van der Waals surface area contributed by atoms with E-state index in [-0.39, 0.29) is 41.0 Å². The molecule has 5 aromatic carbocycles. The van der Waals surface area contributed by atoms with Crippen LogP contribution >= 0.6 is 23.2 Å². The Balaban J connectivity index is 1.12. The molecule has 0 bridgehead atoms. The Labute approximate surface area is 373 Å². The van der Waals surface area contributed by atoms with Crippen molar-refractivity contribution in [1.29, 1.82) is 0 Å². The summed E-state index contributed by atoms with van der Waals surface area (Å²) in [6.45, 7) is 0. The summed E-state index contributed by atoms with van der Waals surface area (Å²) >= 11 is 12.8. The Bertz CT molecular complexity index is 2730. The van der Waals surface area contributed by atoms with Crippen LogP contribution in [0.4, 0.5) is 28.4 Å². The monoisotopic (exact) mass is 884 g/mol. The average Bonchev–Trinajstić information content (AvgIpc) is 3.67. The number of carbonyl (C=O) groups excluding carboxylic acids is 4. The van der Waals surface area contributed by atoms with E-state index in [1.807, 2.05) is 49.3 Å². The summed E-state index contributed by atoms with van der Waals surface area (Å²) in [6, 6.07) is 31.0. The maximum atomic E-state index is 15.6. The molecule has 0 aromatic heterocycles. The highest BCUT2D eigenvalue weighted by Gasteiger charge is 2.70. The Morgan fingerprint density at radius 3 is 2.10 bits per heavy atom. The number of methoxy groups -OCH3 is 2. The highest BCUT2D eigenvalue weighted by molar-refractivity contribution is 6.36. The predicted octanol–water partition coefficient (Wildman–Crippen LogP) is 9.39. The summed E-state index contributed by atoms with van der Waals surface area (Å²) < 4.78 is 11.1. The van der Waals surface area contributed by atoms with E-state index >= 15 is 9.59 Å². The summed E-state index contributed by atoms with van der Waals surface area (Å²) in [6.07, 6.45) is 2.25. The molecule has 2 heterocycles. The van der Waals surface area contributed by atoms with Gasteiger partial charge in [0.2, 0.25) is 11.8 Å². The first kappa shape index (κ1) is 41.6. The number of halogens is 2. The number of ether oxygens (including phenoxy) is 2. The van der Waals surface area contributed by atoms with Crippen LogP contribution in [0, 0.1) is 23.7 Å². The van der Waals surface area contributed by atoms with E-state index < -0.39 is 52.7 Å². The molecule has 2 aliphatic heterocycles. The van der Waals surface area contributed by atoms with Gasteiger partial charge < -0.3 is 19.5 Å². The molecule has 2 saturated heterocycles. The number of rotatable bonds is 10. The first-order valence-electron chi connectivity index (χ1n) is 20.3. The smallest absolute Gasteiger partial charge is 0.260 e. The van der Waals surface area contributed by atoms with Crippen LogP contribution in [-0.4, -0.2) is 62.1 Å². The number of aromatic hydroxyl groups is 1. The molecule has 320 valence electrons. The van der Waals surface area contributed by atoms with Gasteiger partial charge in [0.1, 0.15) is 5.75 Å². The molecule has 4 amide bonds. The quantitative estimate of drug-likeness (QED) is 0.0794. The molecule has 63 heavy (non-hydrogen) atoms. The van der Waals surface area contributed by atoms with E-state index in [1.54, 1.807) is 72.8 Å². The molecule has 15 heteroatoms. The SMILES string of the molecule is COc1ccc([C@@]23C(=O)N(Nc4ccc(Cl)cc4Cl)C(=O)[C@@H]2C[C@@H]2C(=CC[C@@H]4C(=O)N(c5ccc(N=Nc6ccc(N(C)C)cc6)cc5)C(=O)[C@@H]42)[C@@H]3c2ccc(O)c(OC)c2)cc1. The third kappa shape index (κ3) is 6.86. The van der Waals surface area contributed by atoms with Crippen molar-refractivity contribution >= 4 is 75.3 Å². The molecule has 0 spiro atoms. The summed E-state index contributed by atoms with van der Waals surface area (Å²) in [7, 11) is 6.88. The number of allylic oxidation sites excluding steroid dienone is 2. The largest absolute Gasteiger partial charge is 0.504 e. The molecule has 3 fully saturated rings. The lowest BCUT2D eigenvalue weighted by atomic mass is 9.49. The van der Waals surface area contributed by atoms with Crippen LogP contribution in [0.1, 0.15) is 29.9 Å². The summed E-state index contributed by atoms with van der Waals surface area (Å²) in [5.74, 6) is -5.33. The second kappa shape index (κ2) is 16.2. The van der Waals surface area contributed by atoms with Gasteiger partial charge in [0.05, 0.1) is 65.2 Å². The number of phenols is 1. The van der Waals surface area contributed by atoms with E-state index in [2.05, 4.69) is 15.7 Å². The number of hydrogen-bond donors (Lipinski definition) is 2. The van der Waals surface area contributed by atoms with Gasteiger partial charge in [-0.3, -0.25) is 29.5 Å². The molecule has 6 atom stereocenters. The van der Waals surface area contributed by atoms with Crippen LogP contribution in [0.15, 0.2) is 131 Å². The van der Waals surface area contributed by atoms with E-state index in [1.165, 1.54) is 31.3 Å². The molecule has 2 aliphatic carbocycles. The number of anilines is 3. The topological polar surface area (TPSA) is 153 Å². The number of hydrogen-bond acceptors (Lipinski definition) is 11. The van der Waals surface area contributed by atoms with Crippen molar-refractivity contribution in [2.24, 2.45) is 33.9 Å². The molecular formula is C48H42Cl2N6O7. The predicted molar refractivity (Wildman–Crippen MR) is 239 cm³/mol. The van der Waals surface area contributed by atoms with E-state index in [9.17, 15) is 14.7 Å². The minimum Gasteiger partial charge on any atom is -0.504 e. The number of nitrogens with zero attached hydrogens (tertiary/aromatic N) is 5. The van der Waals surface area contributed by atoms with Crippen LogP contribution in [0.3, 0.4) is 0 Å². The minimum atomic E-state index is -1.59. The van der Waals surface area contributed by atoms with Gasteiger partial charge in [-0.1, -0.05) is 53.1 Å². The third-order valence-electron chi connectivity index (χ3n) is 12.9. The number of fused-ring (bicyclic) bond motifs is 4. The van der Waals surface area contributed by atoms with E-state index in [0.29, 0.717) is 39.0 Å². The number of nitrogens with one attached hydrogen (secondary N) is 1. The first-order chi connectivity index (χ1) is 30.3. The lowest BCUT2D eigenvalue weighted by molar-refractivity contribution is -0.138. The Morgan fingerprint density at radius 2 is 1.46 bits per heavy atom. The zero-order valence-corrected chi connectivity index (χ0v) is 36.2. The fourth-order valence-corrected chi connectivity index (χ4v) is 10.4. The number of hydrazine groups is 1. The van der Waals surface area contributed by atoms with Crippen molar-refractivity contribution in [3.8, 4) is 17.2 Å². The summed E-state index contributed by atoms with van der Waals surface area (Å²) in [5.41, 5.74) is 6.17. The van der Waals surface area contributed by atoms with Crippen LogP contribution in [0.5, 0.6) is 17.2 Å². The Hall–Kier alpha value is -6.70. The van der Waals surface area contributed by atoms with Crippen molar-refractivity contribution in [3.05, 3.63) is 142 Å². The number of azo groups is 1. The highest BCUT2D eigenvalue weighted by atomic mass is 35.5. The molecule has 5 aromatic rings. The van der Waals surface area contributed by atoms with Gasteiger partial charge in [-0.25, -0.2) is 0 Å². The molecule has 4 aliphatic rings. The molecule has 1 saturated carbocycles. The second-order valence-electron chi connectivity index (χ2n) is 16.3. The normalized spacial score (nSPS) is 24.0. The number of phenolic OH excluding ortho intramolecular Hbond substituents is 1.